The van der Waals surface area contributed by atoms with Gasteiger partial charge in [-0.1, -0.05) is 359 Å². The van der Waals surface area contributed by atoms with Crippen LogP contribution in [0.5, 0.6) is 0 Å². The molecule has 0 aromatic carbocycles. The van der Waals surface area contributed by atoms with Crippen LogP contribution < -0.4 is 0 Å². The average molecular weight is 1170 g/mol. The van der Waals surface area contributed by atoms with Gasteiger partial charge in [0.2, 0.25) is 0 Å². The van der Waals surface area contributed by atoms with Crippen molar-refractivity contribution in [2.75, 3.05) is 13.2 Å². The Labute approximate surface area is 518 Å². The molecule has 1 unspecified atom stereocenters. The molecule has 0 fully saturated rings. The van der Waals surface area contributed by atoms with E-state index in [1.807, 2.05) is 0 Å². The van der Waals surface area contributed by atoms with Crippen molar-refractivity contribution in [3.05, 3.63) is 36.5 Å². The number of hydrogen-bond acceptors (Lipinski definition) is 6. The van der Waals surface area contributed by atoms with Gasteiger partial charge in [-0.05, 0) is 77.0 Å². The number of allylic oxidation sites excluding steroid dienone is 6. The van der Waals surface area contributed by atoms with Crippen LogP contribution in [0.15, 0.2) is 36.5 Å². The molecule has 0 radical (unpaired) electrons. The van der Waals surface area contributed by atoms with Crippen molar-refractivity contribution in [1.82, 2.24) is 0 Å². The fourth-order valence-corrected chi connectivity index (χ4v) is 11.5. The maximum absolute atomic E-state index is 13.0. The molecule has 0 aliphatic carbocycles. The minimum Gasteiger partial charge on any atom is -0.462 e. The van der Waals surface area contributed by atoms with E-state index < -0.39 is 6.10 Å². The van der Waals surface area contributed by atoms with Crippen molar-refractivity contribution < 1.29 is 28.6 Å². The summed E-state index contributed by atoms with van der Waals surface area (Å²) in [5, 5.41) is 0. The number of carbonyl (C=O) groups is 3. The Bertz CT molecular complexity index is 1380. The van der Waals surface area contributed by atoms with Crippen LogP contribution in [0.2, 0.25) is 0 Å². The second-order valence-corrected chi connectivity index (χ2v) is 25.6. The molecule has 1 atom stereocenters. The Kier molecular flexibility index (Phi) is 70.0. The van der Waals surface area contributed by atoms with Gasteiger partial charge in [0, 0.05) is 19.3 Å². The van der Waals surface area contributed by atoms with Gasteiger partial charge in [-0.25, -0.2) is 0 Å². The molecule has 0 heterocycles. The summed E-state index contributed by atoms with van der Waals surface area (Å²) in [7, 11) is 0. The van der Waals surface area contributed by atoms with Gasteiger partial charge in [0.05, 0.1) is 0 Å². The molecule has 0 bridgehead atoms. The molecule has 0 amide bonds. The molecule has 83 heavy (non-hydrogen) atoms. The van der Waals surface area contributed by atoms with Crippen molar-refractivity contribution in [3.63, 3.8) is 0 Å². The van der Waals surface area contributed by atoms with Gasteiger partial charge in [-0.15, -0.1) is 0 Å². The highest BCUT2D eigenvalue weighted by molar-refractivity contribution is 5.71. The summed E-state index contributed by atoms with van der Waals surface area (Å²) in [4.78, 5) is 38.5. The molecule has 6 nitrogen and oxygen atoms in total. The maximum Gasteiger partial charge on any atom is 0.306 e. The quantitative estimate of drug-likeness (QED) is 0.0261. The Morgan fingerprint density at radius 3 is 0.675 bits per heavy atom. The van der Waals surface area contributed by atoms with E-state index in [0.717, 1.165) is 64.2 Å². The summed E-state index contributed by atoms with van der Waals surface area (Å²) >= 11 is 0. The lowest BCUT2D eigenvalue weighted by Crippen LogP contribution is -2.30. The topological polar surface area (TPSA) is 78.9 Å². The van der Waals surface area contributed by atoms with Crippen LogP contribution >= 0.6 is 0 Å². The van der Waals surface area contributed by atoms with E-state index in [-0.39, 0.29) is 31.1 Å². The smallest absolute Gasteiger partial charge is 0.306 e. The van der Waals surface area contributed by atoms with Crippen LogP contribution in [0.1, 0.15) is 419 Å². The summed E-state index contributed by atoms with van der Waals surface area (Å²) in [5.41, 5.74) is 0. The van der Waals surface area contributed by atoms with E-state index in [1.165, 1.54) is 315 Å². The van der Waals surface area contributed by atoms with Crippen molar-refractivity contribution in [2.45, 2.75) is 425 Å². The van der Waals surface area contributed by atoms with Crippen LogP contribution in [0, 0.1) is 0 Å². The predicted molar refractivity (Wildman–Crippen MR) is 362 cm³/mol. The molecule has 0 N–H and O–H groups in total. The van der Waals surface area contributed by atoms with Crippen LogP contribution in [0.25, 0.3) is 0 Å². The van der Waals surface area contributed by atoms with Gasteiger partial charge in [0.15, 0.2) is 6.10 Å². The van der Waals surface area contributed by atoms with Gasteiger partial charge in [0.25, 0.3) is 0 Å². The van der Waals surface area contributed by atoms with Gasteiger partial charge >= 0.3 is 17.9 Å². The zero-order valence-corrected chi connectivity index (χ0v) is 56.2. The van der Waals surface area contributed by atoms with Crippen LogP contribution in [0.4, 0.5) is 0 Å². The number of unbranched alkanes of at least 4 members (excludes halogenated alkanes) is 53. The molecule has 0 spiro atoms. The lowest BCUT2D eigenvalue weighted by atomic mass is 10.0. The third-order valence-corrected chi connectivity index (χ3v) is 17.1. The SMILES string of the molecule is CCCCCCC/C=C\C/C=C\CCCCCCCCCCCCCCCCCC(=O)OCC(COC(=O)CCCCCCCCC/C=C\CCCCCCCCC)OC(=O)CCCCCCCCCCCCCCCCCCCCCC. The summed E-state index contributed by atoms with van der Waals surface area (Å²) in [6, 6.07) is 0. The lowest BCUT2D eigenvalue weighted by Gasteiger charge is -2.18. The summed E-state index contributed by atoms with van der Waals surface area (Å²) in [5.74, 6) is -0.838. The third kappa shape index (κ3) is 70.3. The van der Waals surface area contributed by atoms with Gasteiger partial charge in [-0.3, -0.25) is 14.4 Å². The van der Waals surface area contributed by atoms with Gasteiger partial charge in [-0.2, -0.15) is 0 Å². The normalized spacial score (nSPS) is 12.2. The van der Waals surface area contributed by atoms with E-state index in [0.29, 0.717) is 19.3 Å². The van der Waals surface area contributed by atoms with Gasteiger partial charge in [0.1, 0.15) is 13.2 Å². The second kappa shape index (κ2) is 72.1. The molecule has 0 aromatic rings. The number of rotatable bonds is 70. The fourth-order valence-electron chi connectivity index (χ4n) is 11.5. The highest BCUT2D eigenvalue weighted by Crippen LogP contribution is 2.19. The molecule has 0 aromatic heterocycles. The zero-order valence-electron chi connectivity index (χ0n) is 56.2. The zero-order chi connectivity index (χ0) is 59.9. The van der Waals surface area contributed by atoms with E-state index >= 15 is 0 Å². The Morgan fingerprint density at radius 1 is 0.241 bits per heavy atom. The Balaban J connectivity index is 4.27. The molecule has 0 aliphatic rings. The Morgan fingerprint density at radius 2 is 0.434 bits per heavy atom. The first-order valence-electron chi connectivity index (χ1n) is 37.5. The molecule has 0 rings (SSSR count). The average Bonchev–Trinajstić information content (AvgIpc) is 3.49. The second-order valence-electron chi connectivity index (χ2n) is 25.6. The van der Waals surface area contributed by atoms with Crippen molar-refractivity contribution in [2.24, 2.45) is 0 Å². The number of esters is 3. The number of hydrogen-bond donors (Lipinski definition) is 0. The molecular formula is C77H144O6. The molecule has 6 heteroatoms. The first kappa shape index (κ1) is 80.6. The minimum absolute atomic E-state index is 0.0677. The summed E-state index contributed by atoms with van der Waals surface area (Å²) in [6.07, 6.45) is 90.4. The lowest BCUT2D eigenvalue weighted by molar-refractivity contribution is -0.167. The maximum atomic E-state index is 13.0. The Hall–Kier alpha value is -2.37. The minimum atomic E-state index is -0.773. The number of carbonyl (C=O) groups excluding carboxylic acids is 3. The van der Waals surface area contributed by atoms with E-state index in [1.54, 1.807) is 0 Å². The van der Waals surface area contributed by atoms with Crippen molar-refractivity contribution in [1.29, 1.82) is 0 Å². The first-order chi connectivity index (χ1) is 41.0. The van der Waals surface area contributed by atoms with Gasteiger partial charge < -0.3 is 14.2 Å². The summed E-state index contributed by atoms with van der Waals surface area (Å²) in [6.45, 7) is 6.71. The molecule has 488 valence electrons. The van der Waals surface area contributed by atoms with Crippen LogP contribution in [0.3, 0.4) is 0 Å². The molecule has 0 aliphatic heterocycles. The molecular weight excluding hydrogens is 1020 g/mol. The standard InChI is InChI=1S/C77H144O6/c1-4-7-10-13-16-19-22-25-28-31-34-36-37-38-39-40-41-42-44-46-49-52-55-58-61-64-67-70-76(79)82-73-74(72-81-75(78)69-66-63-60-57-54-51-48-45-33-30-27-24-21-18-15-12-9-6-3)83-77(80)71-68-65-62-59-56-53-50-47-43-35-32-29-26-23-20-17-14-11-8-5-2/h22,25,30-31,33-34,74H,4-21,23-24,26-29,32,35-73H2,1-3H3/b25-22-,33-30-,34-31-. The van der Waals surface area contributed by atoms with E-state index in [9.17, 15) is 14.4 Å². The van der Waals surface area contributed by atoms with E-state index in [2.05, 4.69) is 57.2 Å². The molecule has 0 saturated carbocycles. The molecule has 0 saturated heterocycles. The first-order valence-corrected chi connectivity index (χ1v) is 37.5. The monoisotopic (exact) mass is 1170 g/mol. The van der Waals surface area contributed by atoms with Crippen LogP contribution in [-0.4, -0.2) is 37.2 Å². The van der Waals surface area contributed by atoms with Crippen LogP contribution in [-0.2, 0) is 28.6 Å². The highest BCUT2D eigenvalue weighted by atomic mass is 16.6. The predicted octanol–water partition coefficient (Wildman–Crippen LogP) is 25.9. The number of ether oxygens (including phenoxy) is 3. The van der Waals surface area contributed by atoms with Crippen molar-refractivity contribution in [3.8, 4) is 0 Å². The fraction of sp³-hybridized carbons (Fsp3) is 0.883. The van der Waals surface area contributed by atoms with Crippen molar-refractivity contribution >= 4 is 17.9 Å². The van der Waals surface area contributed by atoms with E-state index in [4.69, 9.17) is 14.2 Å². The summed E-state index contributed by atoms with van der Waals surface area (Å²) < 4.78 is 17.0. The third-order valence-electron chi connectivity index (χ3n) is 17.1. The highest BCUT2D eigenvalue weighted by Gasteiger charge is 2.20. The largest absolute Gasteiger partial charge is 0.462 e.